The van der Waals surface area contributed by atoms with Crippen molar-refractivity contribution in [1.82, 2.24) is 4.57 Å². The molecule has 4 aromatic rings. The second-order valence-electron chi connectivity index (χ2n) is 10.4. The van der Waals surface area contributed by atoms with Crippen LogP contribution in [0.15, 0.2) is 59.6 Å². The molecule has 1 aromatic heterocycles. The van der Waals surface area contributed by atoms with Gasteiger partial charge in [-0.2, -0.15) is 0 Å². The van der Waals surface area contributed by atoms with Gasteiger partial charge in [-0.05, 0) is 68.9 Å². The van der Waals surface area contributed by atoms with Gasteiger partial charge in [0, 0.05) is 46.4 Å². The van der Waals surface area contributed by atoms with Crippen molar-refractivity contribution in [2.24, 2.45) is 12.2 Å². The van der Waals surface area contributed by atoms with Crippen molar-refractivity contribution in [3.63, 3.8) is 0 Å². The summed E-state index contributed by atoms with van der Waals surface area (Å²) >= 11 is 0. The number of ketones is 1. The lowest BCUT2D eigenvalue weighted by atomic mass is 9.88. The van der Waals surface area contributed by atoms with Crippen LogP contribution in [0, 0.1) is 13.8 Å². The van der Waals surface area contributed by atoms with Crippen LogP contribution in [-0.4, -0.2) is 38.1 Å². The maximum Gasteiger partial charge on any atom is 0.411 e. The summed E-state index contributed by atoms with van der Waals surface area (Å²) < 4.78 is 39.5. The summed E-state index contributed by atoms with van der Waals surface area (Å²) in [4.78, 5) is 27.0. The first-order chi connectivity index (χ1) is 19.5. The van der Waals surface area contributed by atoms with Gasteiger partial charge in [0.1, 0.15) is 11.9 Å². The van der Waals surface area contributed by atoms with Gasteiger partial charge in [-0.25, -0.2) is 18.4 Å². The Hall–Kier alpha value is -4.15. The van der Waals surface area contributed by atoms with E-state index in [0.29, 0.717) is 22.4 Å². The quantitative estimate of drug-likeness (QED) is 0.266. The number of primary sulfonamides is 1. The van der Waals surface area contributed by atoms with Gasteiger partial charge < -0.3 is 14.0 Å². The van der Waals surface area contributed by atoms with Crippen LogP contribution in [0.25, 0.3) is 22.0 Å². The molecule has 1 fully saturated rings. The fourth-order valence-corrected chi connectivity index (χ4v) is 6.88. The van der Waals surface area contributed by atoms with Crippen LogP contribution >= 0.6 is 0 Å². The third-order valence-corrected chi connectivity index (χ3v) is 8.83. The first-order valence-corrected chi connectivity index (χ1v) is 15.0. The molecule has 3 N–H and O–H groups in total. The first kappa shape index (κ1) is 28.4. The molecule has 0 atom stereocenters. The van der Waals surface area contributed by atoms with Gasteiger partial charge in [0.25, 0.3) is 0 Å². The molecule has 3 aromatic carbocycles. The number of nitrogens with two attached hydrogens (primary N) is 1. The lowest BCUT2D eigenvalue weighted by Gasteiger charge is -2.23. The first-order valence-electron chi connectivity index (χ1n) is 13.4. The van der Waals surface area contributed by atoms with Crippen LogP contribution in [0.3, 0.4) is 0 Å². The molecule has 9 nitrogen and oxygen atoms in total. The minimum Gasteiger partial charge on any atom is -0.497 e. The van der Waals surface area contributed by atoms with Crippen LogP contribution in [0.2, 0.25) is 0 Å². The highest BCUT2D eigenvalue weighted by Crippen LogP contribution is 2.45. The summed E-state index contributed by atoms with van der Waals surface area (Å²) in [5.41, 5.74) is 2.79. The predicted molar refractivity (Wildman–Crippen MR) is 158 cm³/mol. The van der Waals surface area contributed by atoms with Gasteiger partial charge in [0.2, 0.25) is 10.0 Å². The lowest BCUT2D eigenvalue weighted by Crippen LogP contribution is -2.24. The Morgan fingerprint density at radius 2 is 1.73 bits per heavy atom. The standard InChI is InChI=1S/C31H33N3O6S/c1-18-26(29(35)20-10-9-13-22(16-20)39-4)19(2)30(41(32,37)38)27(24-17-34(3)25-15-8-7-14-23(24)25)28(18)33-31(36)40-21-11-5-6-12-21/h7-10,13-17,21H,5-6,11-12H2,1-4H3,(H,33,36)(H2,32,37,38). The lowest BCUT2D eigenvalue weighted by molar-refractivity contribution is 0.103. The van der Waals surface area contributed by atoms with Crippen molar-refractivity contribution < 1.29 is 27.5 Å². The molecule has 0 spiro atoms. The van der Waals surface area contributed by atoms with Gasteiger partial charge >= 0.3 is 6.09 Å². The number of rotatable bonds is 7. The third kappa shape index (κ3) is 5.32. The topological polar surface area (TPSA) is 130 Å². The molecule has 5 rings (SSSR count). The highest BCUT2D eigenvalue weighted by Gasteiger charge is 2.32. The fraction of sp³-hybridized carbons (Fsp3) is 0.290. The summed E-state index contributed by atoms with van der Waals surface area (Å²) in [6, 6.07) is 14.1. The van der Waals surface area contributed by atoms with E-state index in [-0.39, 0.29) is 33.4 Å². The number of benzene rings is 3. The third-order valence-electron chi connectivity index (χ3n) is 7.76. The van der Waals surface area contributed by atoms with Crippen molar-refractivity contribution in [3.05, 3.63) is 77.0 Å². The minimum absolute atomic E-state index is 0.127. The molecular formula is C31H33N3O6S. The number of anilines is 1. The molecule has 1 amide bonds. The molecule has 1 saturated carbocycles. The summed E-state index contributed by atoms with van der Waals surface area (Å²) in [6.45, 7) is 3.25. The van der Waals surface area contributed by atoms with Crippen LogP contribution in [0.5, 0.6) is 5.75 Å². The second-order valence-corrected chi connectivity index (χ2v) is 11.9. The number of ether oxygens (including phenoxy) is 2. The number of nitrogens with zero attached hydrogens (tertiary/aromatic N) is 1. The normalized spacial score (nSPS) is 13.9. The van der Waals surface area contributed by atoms with Crippen molar-refractivity contribution >= 4 is 38.5 Å². The van der Waals surface area contributed by atoms with E-state index in [1.54, 1.807) is 44.3 Å². The Kier molecular flexibility index (Phi) is 7.63. The van der Waals surface area contributed by atoms with Crippen LogP contribution in [0.1, 0.15) is 52.7 Å². The van der Waals surface area contributed by atoms with Crippen molar-refractivity contribution in [2.45, 2.75) is 50.5 Å². The molecule has 1 aliphatic carbocycles. The van der Waals surface area contributed by atoms with E-state index >= 15 is 0 Å². The van der Waals surface area contributed by atoms with E-state index in [1.807, 2.05) is 35.9 Å². The number of carbonyl (C=O) groups excluding carboxylic acids is 2. The number of para-hydroxylation sites is 1. The number of fused-ring (bicyclic) bond motifs is 1. The Bertz CT molecular complexity index is 1790. The smallest absolute Gasteiger partial charge is 0.411 e. The average Bonchev–Trinajstić information content (AvgIpc) is 3.57. The monoisotopic (exact) mass is 575 g/mol. The minimum atomic E-state index is -4.40. The number of aromatic nitrogens is 1. The van der Waals surface area contributed by atoms with E-state index in [2.05, 4.69) is 5.32 Å². The average molecular weight is 576 g/mol. The molecule has 214 valence electrons. The van der Waals surface area contributed by atoms with Gasteiger partial charge in [-0.1, -0.05) is 30.3 Å². The molecule has 0 unspecified atom stereocenters. The van der Waals surface area contributed by atoms with Crippen molar-refractivity contribution in [2.75, 3.05) is 12.4 Å². The predicted octanol–water partition coefficient (Wildman–Crippen LogP) is 5.84. The molecule has 1 heterocycles. The van der Waals surface area contributed by atoms with Gasteiger partial charge in [0.05, 0.1) is 17.7 Å². The zero-order chi connectivity index (χ0) is 29.5. The van der Waals surface area contributed by atoms with E-state index in [9.17, 15) is 18.0 Å². The van der Waals surface area contributed by atoms with Crippen LogP contribution in [-0.2, 0) is 21.8 Å². The van der Waals surface area contributed by atoms with Crippen molar-refractivity contribution in [3.8, 4) is 16.9 Å². The molecule has 1 aliphatic rings. The van der Waals surface area contributed by atoms with E-state index in [0.717, 1.165) is 36.6 Å². The Labute approximate surface area is 239 Å². The van der Waals surface area contributed by atoms with Crippen LogP contribution in [0.4, 0.5) is 10.5 Å². The number of sulfonamides is 1. The molecular weight excluding hydrogens is 542 g/mol. The number of nitrogens with one attached hydrogen (secondary N) is 1. The number of hydrogen-bond donors (Lipinski definition) is 2. The van der Waals surface area contributed by atoms with Gasteiger partial charge in [0.15, 0.2) is 5.78 Å². The van der Waals surface area contributed by atoms with Crippen molar-refractivity contribution in [1.29, 1.82) is 0 Å². The maximum absolute atomic E-state index is 14.0. The molecule has 10 heteroatoms. The largest absolute Gasteiger partial charge is 0.497 e. The molecule has 0 aliphatic heterocycles. The Balaban J connectivity index is 1.81. The SMILES string of the molecule is COc1cccc(C(=O)c2c(C)c(NC(=O)OC3CCCC3)c(-c3cn(C)c4ccccc34)c(S(N)(=O)=O)c2C)c1. The highest BCUT2D eigenvalue weighted by molar-refractivity contribution is 7.89. The van der Waals surface area contributed by atoms with Gasteiger partial charge in [-0.15, -0.1) is 0 Å². The number of methoxy groups -OCH3 is 1. The summed E-state index contributed by atoms with van der Waals surface area (Å²) in [7, 11) is -1.05. The van der Waals surface area contributed by atoms with E-state index in [4.69, 9.17) is 14.6 Å². The fourth-order valence-electron chi connectivity index (χ4n) is 5.86. The Morgan fingerprint density at radius 3 is 2.41 bits per heavy atom. The molecule has 0 radical (unpaired) electrons. The van der Waals surface area contributed by atoms with E-state index in [1.165, 1.54) is 7.11 Å². The summed E-state index contributed by atoms with van der Waals surface area (Å²) in [5.74, 6) is 0.0455. The number of aryl methyl sites for hydroxylation is 1. The van der Waals surface area contributed by atoms with Gasteiger partial charge in [-0.3, -0.25) is 10.1 Å². The number of amides is 1. The van der Waals surface area contributed by atoms with E-state index < -0.39 is 21.9 Å². The number of hydrogen-bond acceptors (Lipinski definition) is 6. The van der Waals surface area contributed by atoms with Crippen LogP contribution < -0.4 is 15.2 Å². The second kappa shape index (κ2) is 11.0. The summed E-state index contributed by atoms with van der Waals surface area (Å²) in [6.07, 6.45) is 4.32. The maximum atomic E-state index is 14.0. The molecule has 0 saturated heterocycles. The highest BCUT2D eigenvalue weighted by atomic mass is 32.2. The zero-order valence-electron chi connectivity index (χ0n) is 23.5. The zero-order valence-corrected chi connectivity index (χ0v) is 24.3. The number of carbonyl (C=O) groups is 2. The molecule has 0 bridgehead atoms. The molecule has 41 heavy (non-hydrogen) atoms. The summed E-state index contributed by atoms with van der Waals surface area (Å²) in [5, 5.41) is 9.45. The Morgan fingerprint density at radius 1 is 1.02 bits per heavy atom.